The molecule has 4 aromatic rings. The predicted octanol–water partition coefficient (Wildman–Crippen LogP) is 3.84. The zero-order valence-corrected chi connectivity index (χ0v) is 16.1. The molecule has 0 radical (unpaired) electrons. The summed E-state index contributed by atoms with van der Waals surface area (Å²) in [5.41, 5.74) is 2.48. The van der Waals surface area contributed by atoms with Crippen molar-refractivity contribution >= 4 is 23.1 Å². The van der Waals surface area contributed by atoms with Gasteiger partial charge in [-0.2, -0.15) is 5.26 Å². The fourth-order valence-corrected chi connectivity index (χ4v) is 2.85. The Morgan fingerprint density at radius 2 is 1.73 bits per heavy atom. The smallest absolute Gasteiger partial charge is 0.255 e. The first-order chi connectivity index (χ1) is 14.6. The van der Waals surface area contributed by atoms with E-state index in [2.05, 4.69) is 25.6 Å². The van der Waals surface area contributed by atoms with E-state index in [0.717, 1.165) is 11.5 Å². The normalized spacial score (nSPS) is 10.3. The van der Waals surface area contributed by atoms with Crippen molar-refractivity contribution in [2.24, 2.45) is 0 Å². The van der Waals surface area contributed by atoms with Crippen LogP contribution in [0.1, 0.15) is 21.7 Å². The van der Waals surface area contributed by atoms with E-state index in [1.807, 2.05) is 42.0 Å². The molecule has 0 saturated carbocycles. The first-order valence-corrected chi connectivity index (χ1v) is 9.13. The van der Waals surface area contributed by atoms with Crippen molar-refractivity contribution in [1.29, 1.82) is 5.26 Å². The second kappa shape index (κ2) is 8.24. The number of anilines is 3. The molecule has 0 spiro atoms. The summed E-state index contributed by atoms with van der Waals surface area (Å²) in [5.74, 6) is 1.95. The lowest BCUT2D eigenvalue weighted by Crippen LogP contribution is -2.11. The maximum absolute atomic E-state index is 12.3. The highest BCUT2D eigenvalue weighted by atomic mass is 16.1. The average molecular weight is 395 g/mol. The summed E-state index contributed by atoms with van der Waals surface area (Å²) >= 11 is 0. The number of amides is 1. The summed E-state index contributed by atoms with van der Waals surface area (Å²) in [6.07, 6.45) is 5.05. The first kappa shape index (κ1) is 18.8. The van der Waals surface area contributed by atoms with Crippen LogP contribution >= 0.6 is 0 Å². The molecule has 0 bridgehead atoms. The molecule has 0 aliphatic carbocycles. The molecule has 0 fully saturated rings. The summed E-state index contributed by atoms with van der Waals surface area (Å²) in [7, 11) is 0. The van der Waals surface area contributed by atoms with Crippen LogP contribution in [-0.4, -0.2) is 25.4 Å². The number of nitrogens with zero attached hydrogens (tertiary/aromatic N) is 5. The number of benzene rings is 2. The van der Waals surface area contributed by atoms with Crippen LogP contribution in [-0.2, 0) is 0 Å². The van der Waals surface area contributed by atoms with Gasteiger partial charge in [0, 0.05) is 35.4 Å². The van der Waals surface area contributed by atoms with Gasteiger partial charge in [0.05, 0.1) is 11.6 Å². The SMILES string of the molecule is Cc1nccn1-c1cc(Nc2ccc(NC(=O)c3ccc(C#N)cc3)cc2)ncn1. The van der Waals surface area contributed by atoms with Gasteiger partial charge in [0.1, 0.15) is 23.8 Å². The molecule has 2 aromatic heterocycles. The Labute approximate surface area is 172 Å². The van der Waals surface area contributed by atoms with Crippen molar-refractivity contribution < 1.29 is 4.79 Å². The molecule has 8 heteroatoms. The first-order valence-electron chi connectivity index (χ1n) is 9.13. The van der Waals surface area contributed by atoms with Crippen molar-refractivity contribution in [1.82, 2.24) is 19.5 Å². The molecule has 30 heavy (non-hydrogen) atoms. The van der Waals surface area contributed by atoms with E-state index in [0.29, 0.717) is 28.5 Å². The van der Waals surface area contributed by atoms with Gasteiger partial charge < -0.3 is 10.6 Å². The van der Waals surface area contributed by atoms with Crippen LogP contribution in [0, 0.1) is 18.3 Å². The Hall–Kier alpha value is -4.51. The number of rotatable bonds is 5. The van der Waals surface area contributed by atoms with Crippen LogP contribution in [0.5, 0.6) is 0 Å². The third kappa shape index (κ3) is 4.15. The van der Waals surface area contributed by atoms with E-state index < -0.39 is 0 Å². The molecular formula is C22H17N7O. The molecule has 0 unspecified atom stereocenters. The second-order valence-electron chi connectivity index (χ2n) is 6.45. The highest BCUT2D eigenvalue weighted by molar-refractivity contribution is 6.04. The molecule has 0 aliphatic heterocycles. The number of carbonyl (C=O) groups excluding carboxylic acids is 1. The third-order valence-electron chi connectivity index (χ3n) is 4.42. The van der Waals surface area contributed by atoms with Crippen molar-refractivity contribution in [3.63, 3.8) is 0 Å². The molecule has 0 atom stereocenters. The van der Waals surface area contributed by atoms with Gasteiger partial charge in [-0.05, 0) is 55.5 Å². The Morgan fingerprint density at radius 3 is 2.40 bits per heavy atom. The molecule has 146 valence electrons. The van der Waals surface area contributed by atoms with E-state index in [1.165, 1.54) is 6.33 Å². The van der Waals surface area contributed by atoms with Crippen LogP contribution in [0.4, 0.5) is 17.2 Å². The number of aryl methyl sites for hydroxylation is 1. The third-order valence-corrected chi connectivity index (χ3v) is 4.42. The molecule has 1 amide bonds. The van der Waals surface area contributed by atoms with E-state index in [1.54, 1.807) is 42.6 Å². The van der Waals surface area contributed by atoms with Crippen molar-refractivity contribution in [3.8, 4) is 11.9 Å². The van der Waals surface area contributed by atoms with E-state index in [4.69, 9.17) is 5.26 Å². The summed E-state index contributed by atoms with van der Waals surface area (Å²) in [6, 6.07) is 17.6. The second-order valence-corrected chi connectivity index (χ2v) is 6.45. The number of hydrogen-bond acceptors (Lipinski definition) is 6. The van der Waals surface area contributed by atoms with Gasteiger partial charge in [-0.15, -0.1) is 0 Å². The molecule has 2 heterocycles. The minimum Gasteiger partial charge on any atom is -0.340 e. The Morgan fingerprint density at radius 1 is 1.00 bits per heavy atom. The largest absolute Gasteiger partial charge is 0.340 e. The Bertz CT molecular complexity index is 1220. The molecular weight excluding hydrogens is 378 g/mol. The summed E-state index contributed by atoms with van der Waals surface area (Å²) in [6.45, 7) is 1.90. The quantitative estimate of drug-likeness (QED) is 0.531. The topological polar surface area (TPSA) is 109 Å². The maximum Gasteiger partial charge on any atom is 0.255 e. The van der Waals surface area contributed by atoms with Crippen LogP contribution < -0.4 is 10.6 Å². The van der Waals surface area contributed by atoms with Crippen molar-refractivity contribution in [2.75, 3.05) is 10.6 Å². The standard InChI is InChI=1S/C22H17N7O/c1-15-24-10-11-29(15)21-12-20(25-14-26-21)27-18-6-8-19(9-7-18)28-22(30)17-4-2-16(13-23)3-5-17/h2-12,14H,1H3,(H,28,30)(H,25,26,27). The van der Waals surface area contributed by atoms with E-state index in [-0.39, 0.29) is 5.91 Å². The fourth-order valence-electron chi connectivity index (χ4n) is 2.85. The van der Waals surface area contributed by atoms with Gasteiger partial charge in [0.2, 0.25) is 0 Å². The lowest BCUT2D eigenvalue weighted by Gasteiger charge is -2.10. The lowest BCUT2D eigenvalue weighted by molar-refractivity contribution is 0.102. The number of nitriles is 1. The number of imidazole rings is 1. The average Bonchev–Trinajstić information content (AvgIpc) is 3.21. The fraction of sp³-hybridized carbons (Fsp3) is 0.0455. The molecule has 0 saturated heterocycles. The Balaban J connectivity index is 1.43. The van der Waals surface area contributed by atoms with Crippen molar-refractivity contribution in [3.05, 3.63) is 90.3 Å². The van der Waals surface area contributed by atoms with Crippen LogP contribution in [0.15, 0.2) is 73.3 Å². The zero-order valence-electron chi connectivity index (χ0n) is 16.1. The van der Waals surface area contributed by atoms with Crippen LogP contribution in [0.2, 0.25) is 0 Å². The Kier molecular flexibility index (Phi) is 5.17. The van der Waals surface area contributed by atoms with Crippen LogP contribution in [0.3, 0.4) is 0 Å². The molecule has 4 rings (SSSR count). The van der Waals surface area contributed by atoms with Gasteiger partial charge in [0.15, 0.2) is 0 Å². The van der Waals surface area contributed by atoms with E-state index in [9.17, 15) is 4.79 Å². The van der Waals surface area contributed by atoms with Gasteiger partial charge in [0.25, 0.3) is 5.91 Å². The summed E-state index contributed by atoms with van der Waals surface area (Å²) < 4.78 is 1.87. The molecule has 0 aliphatic rings. The lowest BCUT2D eigenvalue weighted by atomic mass is 10.1. The molecule has 2 aromatic carbocycles. The molecule has 2 N–H and O–H groups in total. The summed E-state index contributed by atoms with van der Waals surface area (Å²) in [4.78, 5) is 25.1. The van der Waals surface area contributed by atoms with Crippen LogP contribution in [0.25, 0.3) is 5.82 Å². The highest BCUT2D eigenvalue weighted by Crippen LogP contribution is 2.19. The number of nitrogens with one attached hydrogen (secondary N) is 2. The van der Waals surface area contributed by atoms with Crippen molar-refractivity contribution in [2.45, 2.75) is 6.92 Å². The number of carbonyl (C=O) groups is 1. The zero-order chi connectivity index (χ0) is 20.9. The van der Waals surface area contributed by atoms with Gasteiger partial charge in [-0.3, -0.25) is 9.36 Å². The predicted molar refractivity (Wildman–Crippen MR) is 113 cm³/mol. The summed E-state index contributed by atoms with van der Waals surface area (Å²) in [5, 5.41) is 14.9. The molecule has 8 nitrogen and oxygen atoms in total. The van der Waals surface area contributed by atoms with Gasteiger partial charge >= 0.3 is 0 Å². The van der Waals surface area contributed by atoms with Gasteiger partial charge in [-0.25, -0.2) is 15.0 Å². The maximum atomic E-state index is 12.3. The van der Waals surface area contributed by atoms with E-state index >= 15 is 0 Å². The monoisotopic (exact) mass is 395 g/mol. The minimum atomic E-state index is -0.239. The number of aromatic nitrogens is 4. The number of hydrogen-bond donors (Lipinski definition) is 2. The highest BCUT2D eigenvalue weighted by Gasteiger charge is 2.07. The van der Waals surface area contributed by atoms with Gasteiger partial charge in [-0.1, -0.05) is 0 Å². The minimum absolute atomic E-state index is 0.239.